The highest BCUT2D eigenvalue weighted by Crippen LogP contribution is 2.28. The second kappa shape index (κ2) is 5.14. The van der Waals surface area contributed by atoms with E-state index < -0.39 is 12.1 Å². The zero-order chi connectivity index (χ0) is 12.3. The van der Waals surface area contributed by atoms with Gasteiger partial charge in [-0.1, -0.05) is 13.8 Å². The van der Waals surface area contributed by atoms with Gasteiger partial charge in [0.15, 0.2) is 0 Å². The summed E-state index contributed by atoms with van der Waals surface area (Å²) in [6.07, 6.45) is -0.863. The predicted octanol–water partition coefficient (Wildman–Crippen LogP) is 1.24. The maximum atomic E-state index is 10.6. The van der Waals surface area contributed by atoms with Gasteiger partial charge in [0, 0.05) is 5.92 Å². The summed E-state index contributed by atoms with van der Waals surface area (Å²) in [5.41, 5.74) is 5.56. The fraction of sp³-hybridized carbons (Fsp3) is 0.545. The Morgan fingerprint density at radius 2 is 2.12 bits per heavy atom. The number of aliphatic hydroxyl groups is 1. The van der Waals surface area contributed by atoms with E-state index in [4.69, 9.17) is 15.3 Å². The third-order valence-electron chi connectivity index (χ3n) is 2.66. The van der Waals surface area contributed by atoms with E-state index >= 15 is 0 Å². The number of hydrogen-bond acceptors (Lipinski definition) is 4. The molecule has 0 bridgehead atoms. The van der Waals surface area contributed by atoms with Crippen LogP contribution in [0, 0.1) is 11.8 Å². The van der Waals surface area contributed by atoms with E-state index in [-0.39, 0.29) is 23.4 Å². The van der Waals surface area contributed by atoms with Crippen LogP contribution >= 0.6 is 0 Å². The van der Waals surface area contributed by atoms with E-state index in [9.17, 15) is 9.90 Å². The lowest BCUT2D eigenvalue weighted by atomic mass is 9.89. The molecule has 16 heavy (non-hydrogen) atoms. The van der Waals surface area contributed by atoms with Gasteiger partial charge in [-0.15, -0.1) is 0 Å². The van der Waals surface area contributed by atoms with Gasteiger partial charge < -0.3 is 20.4 Å². The molecular weight excluding hydrogens is 210 g/mol. The first-order valence-corrected chi connectivity index (χ1v) is 5.18. The van der Waals surface area contributed by atoms with Crippen LogP contribution < -0.4 is 5.73 Å². The van der Waals surface area contributed by atoms with Crippen LogP contribution in [0.1, 0.15) is 36.3 Å². The lowest BCUT2D eigenvalue weighted by molar-refractivity contribution is 0.0571. The lowest BCUT2D eigenvalue weighted by Crippen LogP contribution is -2.26. The van der Waals surface area contributed by atoms with Crippen molar-refractivity contribution in [3.8, 4) is 0 Å². The van der Waals surface area contributed by atoms with Gasteiger partial charge in [0.1, 0.15) is 11.9 Å². The van der Waals surface area contributed by atoms with E-state index in [2.05, 4.69) is 0 Å². The van der Waals surface area contributed by atoms with Crippen LogP contribution in [0.5, 0.6) is 0 Å². The summed E-state index contributed by atoms with van der Waals surface area (Å²) in [4.78, 5) is 10.6. The number of aromatic carboxylic acids is 1. The molecule has 1 aromatic heterocycles. The molecule has 2 unspecified atom stereocenters. The van der Waals surface area contributed by atoms with Gasteiger partial charge in [-0.2, -0.15) is 0 Å². The second-order valence-corrected chi connectivity index (χ2v) is 4.10. The number of aliphatic hydroxyl groups excluding tert-OH is 1. The van der Waals surface area contributed by atoms with Crippen molar-refractivity contribution in [2.45, 2.75) is 20.0 Å². The van der Waals surface area contributed by atoms with Crippen LogP contribution in [-0.2, 0) is 0 Å². The molecule has 0 aromatic carbocycles. The van der Waals surface area contributed by atoms with Crippen molar-refractivity contribution in [3.63, 3.8) is 0 Å². The van der Waals surface area contributed by atoms with Crippen LogP contribution in [0.2, 0.25) is 0 Å². The van der Waals surface area contributed by atoms with Crippen LogP contribution in [0.4, 0.5) is 0 Å². The summed E-state index contributed by atoms with van der Waals surface area (Å²) >= 11 is 0. The van der Waals surface area contributed by atoms with Gasteiger partial charge in [0.05, 0.1) is 0 Å². The Morgan fingerprint density at radius 1 is 1.50 bits per heavy atom. The molecule has 90 valence electrons. The predicted molar refractivity (Wildman–Crippen MR) is 58.0 cm³/mol. The molecular formula is C11H17NO4. The number of carbonyl (C=O) groups is 1. The van der Waals surface area contributed by atoms with Gasteiger partial charge in [-0.25, -0.2) is 4.79 Å². The average Bonchev–Trinajstić information content (AvgIpc) is 2.66. The summed E-state index contributed by atoms with van der Waals surface area (Å²) in [6.45, 7) is 4.21. The SMILES string of the molecule is CC(C)C(CN)C(O)c1ccc(C(=O)O)o1. The molecule has 4 N–H and O–H groups in total. The average molecular weight is 227 g/mol. The first-order valence-electron chi connectivity index (χ1n) is 5.18. The fourth-order valence-corrected chi connectivity index (χ4v) is 1.60. The normalized spacial score (nSPS) is 15.1. The Bertz CT molecular complexity index is 359. The Morgan fingerprint density at radius 3 is 2.50 bits per heavy atom. The molecule has 0 spiro atoms. The van der Waals surface area contributed by atoms with Crippen molar-refractivity contribution in [3.05, 3.63) is 23.7 Å². The molecule has 0 aliphatic carbocycles. The Kier molecular flexibility index (Phi) is 4.09. The third kappa shape index (κ3) is 2.62. The van der Waals surface area contributed by atoms with E-state index in [1.807, 2.05) is 13.8 Å². The standard InChI is InChI=1S/C11H17NO4/c1-6(2)7(5-12)10(13)8-3-4-9(16-8)11(14)15/h3-4,6-7,10,13H,5,12H2,1-2H3,(H,14,15). The van der Waals surface area contributed by atoms with Gasteiger partial charge in [0.25, 0.3) is 0 Å². The van der Waals surface area contributed by atoms with Gasteiger partial charge in [-0.05, 0) is 24.6 Å². The topological polar surface area (TPSA) is 96.7 Å². The minimum Gasteiger partial charge on any atom is -0.475 e. The number of carboxylic acids is 1. The number of carboxylic acid groups (broad SMARTS) is 1. The van der Waals surface area contributed by atoms with Crippen LogP contribution in [-0.4, -0.2) is 22.7 Å². The van der Waals surface area contributed by atoms with Gasteiger partial charge in [-0.3, -0.25) is 0 Å². The molecule has 0 saturated heterocycles. The van der Waals surface area contributed by atoms with Crippen LogP contribution in [0.15, 0.2) is 16.5 Å². The first kappa shape index (κ1) is 12.7. The van der Waals surface area contributed by atoms with Gasteiger partial charge in [0.2, 0.25) is 5.76 Å². The Hall–Kier alpha value is -1.33. The van der Waals surface area contributed by atoms with E-state index in [1.54, 1.807) is 0 Å². The summed E-state index contributed by atoms with van der Waals surface area (Å²) in [7, 11) is 0. The minimum atomic E-state index is -1.15. The minimum absolute atomic E-state index is 0.146. The number of hydrogen-bond donors (Lipinski definition) is 3. The summed E-state index contributed by atoms with van der Waals surface area (Å²) in [5, 5.41) is 18.7. The quantitative estimate of drug-likeness (QED) is 0.703. The third-order valence-corrected chi connectivity index (χ3v) is 2.66. The molecule has 0 saturated carbocycles. The second-order valence-electron chi connectivity index (χ2n) is 4.10. The van der Waals surface area contributed by atoms with Crippen LogP contribution in [0.25, 0.3) is 0 Å². The van der Waals surface area contributed by atoms with Gasteiger partial charge >= 0.3 is 5.97 Å². The lowest BCUT2D eigenvalue weighted by Gasteiger charge is -2.23. The smallest absolute Gasteiger partial charge is 0.371 e. The Labute approximate surface area is 93.9 Å². The zero-order valence-corrected chi connectivity index (χ0v) is 9.38. The van der Waals surface area contributed by atoms with E-state index in [0.29, 0.717) is 6.54 Å². The van der Waals surface area contributed by atoms with Crippen LogP contribution in [0.3, 0.4) is 0 Å². The molecule has 5 nitrogen and oxygen atoms in total. The van der Waals surface area contributed by atoms with Crippen molar-refractivity contribution >= 4 is 5.97 Å². The molecule has 2 atom stereocenters. The summed E-state index contributed by atoms with van der Waals surface area (Å²) in [6, 6.07) is 2.80. The maximum absolute atomic E-state index is 10.6. The fourth-order valence-electron chi connectivity index (χ4n) is 1.60. The van der Waals surface area contributed by atoms with Crippen molar-refractivity contribution in [2.24, 2.45) is 17.6 Å². The molecule has 0 fully saturated rings. The molecule has 5 heteroatoms. The number of furan rings is 1. The molecule has 0 aliphatic heterocycles. The maximum Gasteiger partial charge on any atom is 0.371 e. The van der Waals surface area contributed by atoms with Crippen molar-refractivity contribution in [1.82, 2.24) is 0 Å². The Balaban J connectivity index is 2.86. The molecule has 1 heterocycles. The van der Waals surface area contributed by atoms with E-state index in [1.165, 1.54) is 12.1 Å². The molecule has 0 amide bonds. The highest BCUT2D eigenvalue weighted by molar-refractivity contribution is 5.84. The largest absolute Gasteiger partial charge is 0.475 e. The van der Waals surface area contributed by atoms with Crippen molar-refractivity contribution < 1.29 is 19.4 Å². The van der Waals surface area contributed by atoms with Crippen molar-refractivity contribution in [1.29, 1.82) is 0 Å². The summed E-state index contributed by atoms with van der Waals surface area (Å²) < 4.78 is 5.03. The molecule has 0 aliphatic rings. The molecule has 1 rings (SSSR count). The van der Waals surface area contributed by atoms with Crippen molar-refractivity contribution in [2.75, 3.05) is 6.54 Å². The molecule has 1 aromatic rings. The van der Waals surface area contributed by atoms with E-state index in [0.717, 1.165) is 0 Å². The molecule has 0 radical (unpaired) electrons. The monoisotopic (exact) mass is 227 g/mol. The zero-order valence-electron chi connectivity index (χ0n) is 9.38. The summed E-state index contributed by atoms with van der Waals surface area (Å²) in [5.74, 6) is -1.02. The number of rotatable bonds is 5. The number of nitrogens with two attached hydrogens (primary N) is 1. The highest BCUT2D eigenvalue weighted by atomic mass is 16.4. The highest BCUT2D eigenvalue weighted by Gasteiger charge is 2.26. The first-order chi connectivity index (χ1) is 7.47.